The van der Waals surface area contributed by atoms with E-state index in [2.05, 4.69) is 108 Å². The fourth-order valence-corrected chi connectivity index (χ4v) is 15.4. The maximum Gasteiger partial charge on any atom is 0.154 e. The number of aromatic amines is 4. The third-order valence-electron chi connectivity index (χ3n) is 20.2. The van der Waals surface area contributed by atoms with Crippen LogP contribution in [0.25, 0.3) is 89.2 Å². The van der Waals surface area contributed by atoms with Crippen LogP contribution in [0.3, 0.4) is 0 Å². The molecule has 10 atom stereocenters. The van der Waals surface area contributed by atoms with Crippen molar-refractivity contribution < 1.29 is 19.8 Å². The highest BCUT2D eigenvalue weighted by molar-refractivity contribution is 5.96. The van der Waals surface area contributed by atoms with Gasteiger partial charge < -0.3 is 53.1 Å². The normalized spacial score (nSPS) is 20.5. The van der Waals surface area contributed by atoms with Crippen LogP contribution in [0.1, 0.15) is 162 Å². The molecule has 0 spiro atoms. The van der Waals surface area contributed by atoms with Crippen molar-refractivity contribution in [3.8, 4) is 45.0 Å². The lowest BCUT2D eigenvalue weighted by Crippen LogP contribution is -2.25. The lowest BCUT2D eigenvalue weighted by Gasteiger charge is -2.25. The van der Waals surface area contributed by atoms with Gasteiger partial charge in [0, 0.05) is 102 Å². The summed E-state index contributed by atoms with van der Waals surface area (Å²) in [5.41, 5.74) is 34.2. The lowest BCUT2D eigenvalue weighted by molar-refractivity contribution is -0.122. The minimum absolute atomic E-state index is 0. The zero-order valence-corrected chi connectivity index (χ0v) is 54.5. The van der Waals surface area contributed by atoms with E-state index < -0.39 is 0 Å². The number of aromatic nitrogens is 20. The van der Waals surface area contributed by atoms with E-state index in [0.717, 1.165) is 173 Å². The third-order valence-corrected chi connectivity index (χ3v) is 20.2. The van der Waals surface area contributed by atoms with Crippen LogP contribution in [0.5, 0.6) is 0 Å². The Labute approximate surface area is 560 Å². The van der Waals surface area contributed by atoms with Crippen LogP contribution in [-0.4, -0.2) is 133 Å². The van der Waals surface area contributed by atoms with Gasteiger partial charge in [0.15, 0.2) is 23.3 Å². The highest BCUT2D eigenvalue weighted by atomic mass is 16.3. The molecule has 0 aromatic carbocycles. The molecule has 508 valence electrons. The molecule has 4 fully saturated rings. The quantitative estimate of drug-likeness (QED) is 0.0429. The number of ketones is 2. The SMILES string of the molecule is C.CCC(C1CCC(=O)C1)n1cc(-c2ncnc3[nH]ccc23)c(N)n1.CCC(C1CCC(O)C1)n1cc(-c2ncnc3[nH]ccc23)c(N)n1.CCC(C1CCCC1=O)n1cc(-c2ncnc3[nH]ccc23)c(N)n1.CCC(C1CCCC1O)n1cc(-c2ncnc3[nH]ccc23)c(N)n1. The lowest BCUT2D eigenvalue weighted by atomic mass is 9.94. The fourth-order valence-electron chi connectivity index (χ4n) is 15.4. The van der Waals surface area contributed by atoms with Crippen molar-refractivity contribution in [1.82, 2.24) is 98.9 Å². The first-order valence-electron chi connectivity index (χ1n) is 33.6. The molecule has 0 bridgehead atoms. The van der Waals surface area contributed by atoms with Crippen molar-refractivity contribution in [2.24, 2.45) is 23.7 Å². The monoisotopic (exact) mass is 1320 g/mol. The van der Waals surface area contributed by atoms with E-state index in [1.165, 1.54) is 25.3 Å². The van der Waals surface area contributed by atoms with Gasteiger partial charge in [0.2, 0.25) is 0 Å². The molecule has 0 saturated heterocycles. The number of fused-ring (bicyclic) bond motifs is 4. The second-order valence-electron chi connectivity index (χ2n) is 25.8. The number of aliphatic hydroxyl groups is 2. The number of hydrogen-bond donors (Lipinski definition) is 10. The number of rotatable bonds is 16. The summed E-state index contributed by atoms with van der Waals surface area (Å²) in [5, 5.41) is 41.9. The van der Waals surface area contributed by atoms with Crippen LogP contribution in [0.2, 0.25) is 0 Å². The van der Waals surface area contributed by atoms with Crippen molar-refractivity contribution in [1.29, 1.82) is 0 Å². The molecule has 14 N–H and O–H groups in total. The Morgan fingerprint density at radius 3 is 1.19 bits per heavy atom. The average Bonchev–Trinajstić information content (AvgIpc) is 1.68. The smallest absolute Gasteiger partial charge is 0.154 e. The second-order valence-corrected chi connectivity index (χ2v) is 25.8. The van der Waals surface area contributed by atoms with Crippen molar-refractivity contribution in [2.75, 3.05) is 22.9 Å². The van der Waals surface area contributed by atoms with Gasteiger partial charge in [-0.2, -0.15) is 20.4 Å². The maximum atomic E-state index is 12.2. The van der Waals surface area contributed by atoms with Gasteiger partial charge in [0.05, 0.1) is 81.4 Å². The number of nitrogens with zero attached hydrogens (tertiary/aromatic N) is 16. The molecule has 12 aromatic rings. The summed E-state index contributed by atoms with van der Waals surface area (Å²) in [6.07, 6.45) is 35.1. The summed E-state index contributed by atoms with van der Waals surface area (Å²) in [7, 11) is 0. The Morgan fingerprint density at radius 2 is 0.856 bits per heavy atom. The highest BCUT2D eigenvalue weighted by Crippen LogP contribution is 2.42. The zero-order chi connectivity index (χ0) is 66.7. The molecule has 28 nitrogen and oxygen atoms in total. The Morgan fingerprint density at radius 1 is 0.464 bits per heavy atom. The highest BCUT2D eigenvalue weighted by Gasteiger charge is 2.37. The molecule has 28 heteroatoms. The molecule has 4 aliphatic carbocycles. The van der Waals surface area contributed by atoms with E-state index in [1.807, 2.05) is 92.6 Å². The van der Waals surface area contributed by atoms with E-state index in [0.29, 0.717) is 65.9 Å². The zero-order valence-electron chi connectivity index (χ0n) is 54.5. The topological polar surface area (TPSA) is 416 Å². The van der Waals surface area contributed by atoms with Crippen LogP contribution >= 0.6 is 0 Å². The van der Waals surface area contributed by atoms with Gasteiger partial charge in [-0.25, -0.2) is 39.9 Å². The number of aliphatic hydroxyl groups excluding tert-OH is 2. The van der Waals surface area contributed by atoms with Gasteiger partial charge in [0.25, 0.3) is 0 Å². The van der Waals surface area contributed by atoms with E-state index >= 15 is 0 Å². The summed E-state index contributed by atoms with van der Waals surface area (Å²) >= 11 is 0. The van der Waals surface area contributed by atoms with Gasteiger partial charge in [-0.15, -0.1) is 0 Å². The number of anilines is 4. The Bertz CT molecular complexity index is 4660. The first-order chi connectivity index (χ1) is 46.7. The summed E-state index contributed by atoms with van der Waals surface area (Å²) in [5.74, 6) is 3.58. The van der Waals surface area contributed by atoms with Gasteiger partial charge in [0.1, 0.15) is 59.5 Å². The van der Waals surface area contributed by atoms with Crippen LogP contribution in [0.4, 0.5) is 23.3 Å². The van der Waals surface area contributed by atoms with Crippen LogP contribution in [0, 0.1) is 23.7 Å². The number of nitrogens with one attached hydrogen (secondary N) is 4. The Hall–Kier alpha value is -10.2. The van der Waals surface area contributed by atoms with Crippen molar-refractivity contribution in [2.45, 2.75) is 174 Å². The molecule has 12 aromatic heterocycles. The number of nitrogens with two attached hydrogens (primary N) is 4. The van der Waals surface area contributed by atoms with Gasteiger partial charge >= 0.3 is 0 Å². The predicted octanol–water partition coefficient (Wildman–Crippen LogP) is 11.1. The molecule has 97 heavy (non-hydrogen) atoms. The predicted molar refractivity (Wildman–Crippen MR) is 374 cm³/mol. The van der Waals surface area contributed by atoms with E-state index in [4.69, 9.17) is 22.9 Å². The number of Topliss-reactive ketones (excluding diaryl/α,β-unsaturated/α-hetero) is 2. The second kappa shape index (κ2) is 29.0. The first kappa shape index (κ1) is 66.8. The Kier molecular flexibility index (Phi) is 20.0. The van der Waals surface area contributed by atoms with E-state index in [-0.39, 0.29) is 55.6 Å². The number of hydrogen-bond acceptors (Lipinski definition) is 20. The number of H-pyrrole nitrogens is 4. The minimum Gasteiger partial charge on any atom is -0.393 e. The van der Waals surface area contributed by atoms with E-state index in [1.54, 1.807) is 0 Å². The fraction of sp³-hybridized carbons (Fsp3) is 0.449. The van der Waals surface area contributed by atoms with Crippen LogP contribution < -0.4 is 22.9 Å². The maximum absolute atomic E-state index is 12.2. The van der Waals surface area contributed by atoms with Crippen molar-refractivity contribution >= 4 is 79.0 Å². The minimum atomic E-state index is -0.251. The van der Waals surface area contributed by atoms with Crippen LogP contribution in [-0.2, 0) is 9.59 Å². The number of carbonyl (C=O) groups is 2. The summed E-state index contributed by atoms with van der Waals surface area (Å²) < 4.78 is 7.67. The molecule has 0 radical (unpaired) electrons. The van der Waals surface area contributed by atoms with Gasteiger partial charge in [-0.1, -0.05) is 41.5 Å². The Balaban J connectivity index is 0.000000123. The number of nitrogen functional groups attached to an aromatic ring is 4. The molecular formula is C69H88N24O4. The molecule has 0 amide bonds. The van der Waals surface area contributed by atoms with E-state index in [9.17, 15) is 19.8 Å². The molecular weight excluding hydrogens is 1230 g/mol. The average molecular weight is 1320 g/mol. The third kappa shape index (κ3) is 13.4. The van der Waals surface area contributed by atoms with Gasteiger partial charge in [-0.05, 0) is 113 Å². The van der Waals surface area contributed by atoms with Crippen LogP contribution in [0.15, 0.2) is 99.1 Å². The molecule has 4 aliphatic rings. The standard InChI is InChI=1S/C17H22N6O.C17H20N6O.C17H22N6O.C17H20N6O.CH4/c2*1-2-14(10-3-4-11(24)7-10)23-8-13(16(18)22-23)15-12-5-6-19-17(12)21-9-20-15;2*1-2-13(10-4-3-5-14(10)24)23-8-12(16(18)22-23)15-11-6-7-19-17(11)21-9-20-15;/h5-6,8-11,14,24H,2-4,7H2,1H3,(H2,18,22)(H,19,20,21);5-6,8-10,14H,2-4,7H2,1H3,(H2,18,22)(H,19,20,21);6-10,13-14,24H,2-5H2,1H3,(H2,18,22)(H,19,20,21);6-10,13H,2-5H2,1H3,(H2,18,22)(H,19,20,21);1H4. The first-order valence-corrected chi connectivity index (χ1v) is 33.6. The van der Waals surface area contributed by atoms with Crippen molar-refractivity contribution in [3.05, 3.63) is 99.1 Å². The molecule has 4 saturated carbocycles. The number of carbonyl (C=O) groups excluding carboxylic acids is 2. The molecule has 12 heterocycles. The summed E-state index contributed by atoms with van der Waals surface area (Å²) in [6, 6.07) is 8.42. The molecule has 10 unspecified atom stereocenters. The molecule has 0 aliphatic heterocycles. The summed E-state index contributed by atoms with van der Waals surface area (Å²) in [6.45, 7) is 8.49. The summed E-state index contributed by atoms with van der Waals surface area (Å²) in [4.78, 5) is 70.6. The van der Waals surface area contributed by atoms with Crippen molar-refractivity contribution in [3.63, 3.8) is 0 Å². The largest absolute Gasteiger partial charge is 0.393 e. The van der Waals surface area contributed by atoms with Gasteiger partial charge in [-0.3, -0.25) is 28.3 Å². The molecule has 16 rings (SSSR count).